The van der Waals surface area contributed by atoms with Crippen LogP contribution in [0, 0.1) is 0 Å². The zero-order chi connectivity index (χ0) is 14.1. The second-order valence-electron chi connectivity index (χ2n) is 6.00. The van der Waals surface area contributed by atoms with E-state index in [1.807, 2.05) is 16.8 Å². The second kappa shape index (κ2) is 5.43. The van der Waals surface area contributed by atoms with Gasteiger partial charge >= 0.3 is 0 Å². The van der Waals surface area contributed by atoms with E-state index >= 15 is 0 Å². The number of nitrogens with zero attached hydrogens (tertiary/aromatic N) is 4. The van der Waals surface area contributed by atoms with Crippen LogP contribution in [0.1, 0.15) is 57.6 Å². The summed E-state index contributed by atoms with van der Waals surface area (Å²) >= 11 is 0. The summed E-state index contributed by atoms with van der Waals surface area (Å²) in [6.07, 6.45) is 8.24. The lowest BCUT2D eigenvalue weighted by molar-refractivity contribution is 0.632. The smallest absolute Gasteiger partial charge is 0.157 e. The summed E-state index contributed by atoms with van der Waals surface area (Å²) in [5.74, 6) is 1.67. The molecule has 1 aliphatic carbocycles. The summed E-state index contributed by atoms with van der Waals surface area (Å²) < 4.78 is 1.98. The quantitative estimate of drug-likeness (QED) is 0.852. The van der Waals surface area contributed by atoms with Gasteiger partial charge in [0.25, 0.3) is 0 Å². The lowest BCUT2D eigenvalue weighted by Crippen LogP contribution is -2.31. The molecule has 0 aliphatic heterocycles. The van der Waals surface area contributed by atoms with Gasteiger partial charge in [0.15, 0.2) is 5.65 Å². The van der Waals surface area contributed by atoms with Crippen LogP contribution in [0.25, 0.3) is 5.65 Å². The molecule has 1 saturated carbocycles. The van der Waals surface area contributed by atoms with Crippen LogP contribution >= 0.6 is 0 Å². The van der Waals surface area contributed by atoms with Crippen LogP contribution in [0.3, 0.4) is 0 Å². The number of hydrogen-bond acceptors (Lipinski definition) is 3. The van der Waals surface area contributed by atoms with Gasteiger partial charge in [0.1, 0.15) is 5.82 Å². The van der Waals surface area contributed by atoms with Crippen molar-refractivity contribution < 1.29 is 0 Å². The minimum absolute atomic E-state index is 0.491. The molecule has 0 radical (unpaired) electrons. The summed E-state index contributed by atoms with van der Waals surface area (Å²) in [5.41, 5.74) is 2.14. The molecule has 20 heavy (non-hydrogen) atoms. The van der Waals surface area contributed by atoms with Crippen molar-refractivity contribution in [1.82, 2.24) is 14.6 Å². The minimum atomic E-state index is 0.491. The van der Waals surface area contributed by atoms with Crippen molar-refractivity contribution in [2.45, 2.75) is 57.9 Å². The zero-order valence-corrected chi connectivity index (χ0v) is 12.7. The standard InChI is InChI=1S/C16H24N4/c1-4-12(2)14-11-16(19(3)13-7-5-6-8-13)20-15(18-14)9-10-17-20/h9-13H,4-8H2,1-3H3. The molecule has 1 unspecified atom stereocenters. The highest BCUT2D eigenvalue weighted by Gasteiger charge is 2.23. The van der Waals surface area contributed by atoms with Gasteiger partial charge < -0.3 is 4.90 Å². The molecular formula is C16H24N4. The fourth-order valence-corrected chi connectivity index (χ4v) is 3.11. The molecule has 0 N–H and O–H groups in total. The topological polar surface area (TPSA) is 33.4 Å². The Morgan fingerprint density at radius 3 is 2.85 bits per heavy atom. The molecule has 108 valence electrons. The third-order valence-electron chi connectivity index (χ3n) is 4.71. The second-order valence-corrected chi connectivity index (χ2v) is 6.00. The van der Waals surface area contributed by atoms with Gasteiger partial charge in [0.05, 0.1) is 6.20 Å². The molecule has 0 aromatic carbocycles. The predicted molar refractivity (Wildman–Crippen MR) is 82.4 cm³/mol. The van der Waals surface area contributed by atoms with Crippen LogP contribution in [0.15, 0.2) is 18.3 Å². The van der Waals surface area contributed by atoms with Crippen molar-refractivity contribution in [3.63, 3.8) is 0 Å². The van der Waals surface area contributed by atoms with Gasteiger partial charge in [-0.25, -0.2) is 4.98 Å². The summed E-state index contributed by atoms with van der Waals surface area (Å²) in [4.78, 5) is 7.15. The molecule has 1 aliphatic rings. The zero-order valence-electron chi connectivity index (χ0n) is 12.7. The highest BCUT2D eigenvalue weighted by Crippen LogP contribution is 2.29. The first-order valence-corrected chi connectivity index (χ1v) is 7.78. The maximum Gasteiger partial charge on any atom is 0.157 e. The van der Waals surface area contributed by atoms with Crippen LogP contribution in [0.4, 0.5) is 5.82 Å². The minimum Gasteiger partial charge on any atom is -0.357 e. The summed E-state index contributed by atoms with van der Waals surface area (Å²) in [5, 5.41) is 4.45. The number of anilines is 1. The molecule has 2 aromatic rings. The normalized spacial score (nSPS) is 17.8. The Hall–Kier alpha value is -1.58. The lowest BCUT2D eigenvalue weighted by Gasteiger charge is -2.27. The van der Waals surface area contributed by atoms with E-state index in [9.17, 15) is 0 Å². The average molecular weight is 272 g/mol. The van der Waals surface area contributed by atoms with E-state index in [0.29, 0.717) is 12.0 Å². The highest BCUT2D eigenvalue weighted by molar-refractivity contribution is 5.51. The van der Waals surface area contributed by atoms with Gasteiger partial charge in [0.2, 0.25) is 0 Å². The fourth-order valence-electron chi connectivity index (χ4n) is 3.11. The van der Waals surface area contributed by atoms with E-state index in [2.05, 4.69) is 37.0 Å². The highest BCUT2D eigenvalue weighted by atomic mass is 15.3. The molecule has 0 bridgehead atoms. The van der Waals surface area contributed by atoms with E-state index in [4.69, 9.17) is 4.98 Å². The summed E-state index contributed by atoms with van der Waals surface area (Å²) in [6, 6.07) is 4.87. The molecule has 0 saturated heterocycles. The van der Waals surface area contributed by atoms with E-state index < -0.39 is 0 Å². The van der Waals surface area contributed by atoms with Crippen LogP contribution in [0.2, 0.25) is 0 Å². The van der Waals surface area contributed by atoms with Gasteiger partial charge in [-0.2, -0.15) is 9.61 Å². The van der Waals surface area contributed by atoms with Crippen LogP contribution < -0.4 is 4.90 Å². The Morgan fingerprint density at radius 1 is 1.40 bits per heavy atom. The van der Waals surface area contributed by atoms with Crippen molar-refractivity contribution in [2.24, 2.45) is 0 Å². The van der Waals surface area contributed by atoms with Gasteiger partial charge in [-0.15, -0.1) is 0 Å². The summed E-state index contributed by atoms with van der Waals surface area (Å²) in [7, 11) is 2.20. The molecule has 3 rings (SSSR count). The number of rotatable bonds is 4. The Morgan fingerprint density at radius 2 is 2.15 bits per heavy atom. The third-order valence-corrected chi connectivity index (χ3v) is 4.71. The maximum absolute atomic E-state index is 4.75. The van der Waals surface area contributed by atoms with E-state index in [1.54, 1.807) is 0 Å². The fraction of sp³-hybridized carbons (Fsp3) is 0.625. The van der Waals surface area contributed by atoms with Gasteiger partial charge in [0, 0.05) is 30.9 Å². The first-order valence-electron chi connectivity index (χ1n) is 7.78. The Balaban J connectivity index is 2.04. The molecule has 2 heterocycles. The number of hydrogen-bond donors (Lipinski definition) is 0. The lowest BCUT2D eigenvalue weighted by atomic mass is 10.0. The Bertz CT molecular complexity index is 583. The summed E-state index contributed by atoms with van der Waals surface area (Å²) in [6.45, 7) is 4.46. The molecule has 0 spiro atoms. The molecule has 0 amide bonds. The van der Waals surface area contributed by atoms with Gasteiger partial charge in [-0.1, -0.05) is 26.7 Å². The van der Waals surface area contributed by atoms with E-state index in [-0.39, 0.29) is 0 Å². The first kappa shape index (κ1) is 13.4. The molecule has 1 fully saturated rings. The van der Waals surface area contributed by atoms with E-state index in [0.717, 1.165) is 12.1 Å². The first-order chi connectivity index (χ1) is 9.70. The third kappa shape index (κ3) is 2.28. The van der Waals surface area contributed by atoms with Crippen molar-refractivity contribution in [3.8, 4) is 0 Å². The van der Waals surface area contributed by atoms with Gasteiger partial charge in [-0.05, 0) is 25.2 Å². The van der Waals surface area contributed by atoms with Crippen molar-refractivity contribution in [2.75, 3.05) is 11.9 Å². The van der Waals surface area contributed by atoms with Crippen molar-refractivity contribution in [3.05, 3.63) is 24.0 Å². The molecule has 4 nitrogen and oxygen atoms in total. The van der Waals surface area contributed by atoms with Crippen LogP contribution in [-0.2, 0) is 0 Å². The Labute approximate surface area is 120 Å². The SMILES string of the molecule is CCC(C)c1cc(N(C)C2CCCC2)n2nccc2n1. The van der Waals surface area contributed by atoms with Crippen LogP contribution in [0.5, 0.6) is 0 Å². The number of fused-ring (bicyclic) bond motifs is 1. The van der Waals surface area contributed by atoms with Crippen molar-refractivity contribution >= 4 is 11.5 Å². The molecule has 1 atom stereocenters. The van der Waals surface area contributed by atoms with Crippen LogP contribution in [-0.4, -0.2) is 27.7 Å². The van der Waals surface area contributed by atoms with Gasteiger partial charge in [-0.3, -0.25) is 0 Å². The maximum atomic E-state index is 4.75. The molecule has 4 heteroatoms. The number of aromatic nitrogens is 3. The van der Waals surface area contributed by atoms with Crippen molar-refractivity contribution in [1.29, 1.82) is 0 Å². The average Bonchev–Trinajstić information content (AvgIpc) is 3.14. The Kier molecular flexibility index (Phi) is 3.64. The van der Waals surface area contributed by atoms with E-state index in [1.165, 1.54) is 37.2 Å². The molecule has 2 aromatic heterocycles. The largest absolute Gasteiger partial charge is 0.357 e. The molecular weight excluding hydrogens is 248 g/mol. The predicted octanol–water partition coefficient (Wildman–Crippen LogP) is 3.62. The monoisotopic (exact) mass is 272 g/mol.